The SMILES string of the molecule is CC(C)C1CCCN1c1c(F)cccc1CN. The maximum atomic E-state index is 14.0. The van der Waals surface area contributed by atoms with Crippen LogP contribution in [0.4, 0.5) is 10.1 Å². The number of hydrogen-bond acceptors (Lipinski definition) is 2. The molecule has 2 N–H and O–H groups in total. The third kappa shape index (κ3) is 2.29. The second-order valence-electron chi connectivity index (χ2n) is 5.10. The second kappa shape index (κ2) is 5.05. The van der Waals surface area contributed by atoms with Crippen molar-refractivity contribution >= 4 is 5.69 Å². The van der Waals surface area contributed by atoms with Gasteiger partial charge in [0.2, 0.25) is 0 Å². The minimum Gasteiger partial charge on any atom is -0.366 e. The molecule has 2 rings (SSSR count). The van der Waals surface area contributed by atoms with E-state index < -0.39 is 0 Å². The predicted octanol–water partition coefficient (Wildman–Crippen LogP) is 2.91. The lowest BCUT2D eigenvalue weighted by Crippen LogP contribution is -2.34. The number of nitrogens with zero attached hydrogens (tertiary/aromatic N) is 1. The van der Waals surface area contributed by atoms with E-state index >= 15 is 0 Å². The minimum atomic E-state index is -0.138. The smallest absolute Gasteiger partial charge is 0.146 e. The molecule has 1 aromatic rings. The Morgan fingerprint density at radius 1 is 1.47 bits per heavy atom. The van der Waals surface area contributed by atoms with Crippen LogP contribution >= 0.6 is 0 Å². The molecule has 1 aliphatic rings. The van der Waals surface area contributed by atoms with Crippen LogP contribution in [-0.2, 0) is 6.54 Å². The van der Waals surface area contributed by atoms with Gasteiger partial charge in [-0.2, -0.15) is 0 Å². The molecule has 1 aromatic carbocycles. The van der Waals surface area contributed by atoms with E-state index in [-0.39, 0.29) is 5.82 Å². The van der Waals surface area contributed by atoms with Crippen molar-refractivity contribution in [2.75, 3.05) is 11.4 Å². The summed E-state index contributed by atoms with van der Waals surface area (Å²) in [7, 11) is 0. The summed E-state index contributed by atoms with van der Waals surface area (Å²) >= 11 is 0. The van der Waals surface area contributed by atoms with Crippen molar-refractivity contribution in [3.8, 4) is 0 Å². The van der Waals surface area contributed by atoms with Crippen LogP contribution in [0, 0.1) is 11.7 Å². The maximum absolute atomic E-state index is 14.0. The van der Waals surface area contributed by atoms with Crippen LogP contribution in [0.15, 0.2) is 18.2 Å². The molecule has 0 amide bonds. The Morgan fingerprint density at radius 3 is 2.88 bits per heavy atom. The largest absolute Gasteiger partial charge is 0.366 e. The van der Waals surface area contributed by atoms with Gasteiger partial charge in [-0.1, -0.05) is 26.0 Å². The van der Waals surface area contributed by atoms with Gasteiger partial charge in [-0.15, -0.1) is 0 Å². The zero-order chi connectivity index (χ0) is 12.4. The van der Waals surface area contributed by atoms with Crippen LogP contribution in [0.2, 0.25) is 0 Å². The fourth-order valence-electron chi connectivity index (χ4n) is 2.81. The standard InChI is InChI=1S/C14H21FN2/c1-10(2)13-7-4-8-17(13)14-11(9-16)5-3-6-12(14)15/h3,5-6,10,13H,4,7-9,16H2,1-2H3. The van der Waals surface area contributed by atoms with Crippen molar-refractivity contribution in [3.05, 3.63) is 29.6 Å². The van der Waals surface area contributed by atoms with Crippen molar-refractivity contribution in [1.82, 2.24) is 0 Å². The molecule has 1 atom stereocenters. The Hall–Kier alpha value is -1.09. The highest BCUT2D eigenvalue weighted by Crippen LogP contribution is 2.33. The highest BCUT2D eigenvalue weighted by Gasteiger charge is 2.30. The van der Waals surface area contributed by atoms with Crippen LogP contribution in [0.1, 0.15) is 32.3 Å². The molecule has 2 nitrogen and oxygen atoms in total. The van der Waals surface area contributed by atoms with E-state index in [0.29, 0.717) is 18.5 Å². The molecule has 0 saturated carbocycles. The zero-order valence-electron chi connectivity index (χ0n) is 10.6. The molecule has 0 aromatic heterocycles. The van der Waals surface area contributed by atoms with E-state index in [9.17, 15) is 4.39 Å². The average molecular weight is 236 g/mol. The molecule has 1 saturated heterocycles. The summed E-state index contributed by atoms with van der Waals surface area (Å²) in [6, 6.07) is 5.64. The van der Waals surface area contributed by atoms with Gasteiger partial charge in [0.05, 0.1) is 5.69 Å². The summed E-state index contributed by atoms with van der Waals surface area (Å²) in [4.78, 5) is 2.21. The van der Waals surface area contributed by atoms with E-state index in [4.69, 9.17) is 5.73 Å². The summed E-state index contributed by atoms with van der Waals surface area (Å²) < 4.78 is 14.0. The summed E-state index contributed by atoms with van der Waals surface area (Å²) in [5, 5.41) is 0. The van der Waals surface area contributed by atoms with E-state index in [1.807, 2.05) is 6.07 Å². The number of halogens is 1. The van der Waals surface area contributed by atoms with Crippen molar-refractivity contribution < 1.29 is 4.39 Å². The van der Waals surface area contributed by atoms with E-state index in [2.05, 4.69) is 18.7 Å². The molecule has 94 valence electrons. The maximum Gasteiger partial charge on any atom is 0.146 e. The van der Waals surface area contributed by atoms with E-state index in [0.717, 1.165) is 30.6 Å². The van der Waals surface area contributed by atoms with Gasteiger partial charge in [-0.3, -0.25) is 0 Å². The van der Waals surface area contributed by atoms with Crippen LogP contribution < -0.4 is 10.6 Å². The molecule has 1 heterocycles. The summed E-state index contributed by atoms with van der Waals surface area (Å²) in [5.74, 6) is 0.406. The number of hydrogen-bond donors (Lipinski definition) is 1. The molecule has 3 heteroatoms. The first kappa shape index (κ1) is 12.4. The zero-order valence-corrected chi connectivity index (χ0v) is 10.6. The monoisotopic (exact) mass is 236 g/mol. The van der Waals surface area contributed by atoms with Gasteiger partial charge in [0.25, 0.3) is 0 Å². The lowest BCUT2D eigenvalue weighted by Gasteiger charge is -2.31. The molecular formula is C14H21FN2. The molecule has 17 heavy (non-hydrogen) atoms. The average Bonchev–Trinajstić information content (AvgIpc) is 2.77. The highest BCUT2D eigenvalue weighted by atomic mass is 19.1. The molecular weight excluding hydrogens is 215 g/mol. The van der Waals surface area contributed by atoms with Crippen LogP contribution in [-0.4, -0.2) is 12.6 Å². The molecule has 1 fully saturated rings. The number of anilines is 1. The summed E-state index contributed by atoms with van der Waals surface area (Å²) in [6.45, 7) is 5.74. The normalized spacial score (nSPS) is 20.3. The Kier molecular flexibility index (Phi) is 3.67. The van der Waals surface area contributed by atoms with Gasteiger partial charge >= 0.3 is 0 Å². The molecule has 0 radical (unpaired) electrons. The van der Waals surface area contributed by atoms with E-state index in [1.54, 1.807) is 6.07 Å². The van der Waals surface area contributed by atoms with Gasteiger partial charge < -0.3 is 10.6 Å². The number of benzene rings is 1. The quantitative estimate of drug-likeness (QED) is 0.874. The third-order valence-electron chi connectivity index (χ3n) is 3.65. The van der Waals surface area contributed by atoms with Gasteiger partial charge in [-0.25, -0.2) is 4.39 Å². The van der Waals surface area contributed by atoms with E-state index in [1.165, 1.54) is 6.07 Å². The predicted molar refractivity (Wildman–Crippen MR) is 69.5 cm³/mol. The first-order chi connectivity index (χ1) is 8.15. The van der Waals surface area contributed by atoms with Gasteiger partial charge in [-0.05, 0) is 30.4 Å². The highest BCUT2D eigenvalue weighted by molar-refractivity contribution is 5.56. The van der Waals surface area contributed by atoms with Crippen molar-refractivity contribution in [1.29, 1.82) is 0 Å². The fourth-order valence-corrected chi connectivity index (χ4v) is 2.81. The van der Waals surface area contributed by atoms with Crippen LogP contribution in [0.3, 0.4) is 0 Å². The molecule has 1 aliphatic heterocycles. The van der Waals surface area contributed by atoms with Gasteiger partial charge in [0.15, 0.2) is 0 Å². The number of para-hydroxylation sites is 1. The number of nitrogens with two attached hydrogens (primary N) is 1. The first-order valence-electron chi connectivity index (χ1n) is 6.39. The Morgan fingerprint density at radius 2 is 2.24 bits per heavy atom. The number of rotatable bonds is 3. The molecule has 0 bridgehead atoms. The van der Waals surface area contributed by atoms with Crippen molar-refractivity contribution in [3.63, 3.8) is 0 Å². The lowest BCUT2D eigenvalue weighted by atomic mass is 10.0. The third-order valence-corrected chi connectivity index (χ3v) is 3.65. The Labute approximate surface area is 103 Å². The van der Waals surface area contributed by atoms with Gasteiger partial charge in [0, 0.05) is 19.1 Å². The summed E-state index contributed by atoms with van der Waals surface area (Å²) in [5.41, 5.74) is 7.36. The van der Waals surface area contributed by atoms with Crippen molar-refractivity contribution in [2.45, 2.75) is 39.3 Å². The topological polar surface area (TPSA) is 29.3 Å². The fraction of sp³-hybridized carbons (Fsp3) is 0.571. The lowest BCUT2D eigenvalue weighted by molar-refractivity contribution is 0.485. The molecule has 0 aliphatic carbocycles. The Balaban J connectivity index is 2.39. The van der Waals surface area contributed by atoms with Gasteiger partial charge in [0.1, 0.15) is 5.82 Å². The second-order valence-corrected chi connectivity index (χ2v) is 5.10. The Bertz CT molecular complexity index is 390. The summed E-state index contributed by atoms with van der Waals surface area (Å²) in [6.07, 6.45) is 2.29. The molecule has 0 spiro atoms. The minimum absolute atomic E-state index is 0.138. The molecule has 1 unspecified atom stereocenters. The van der Waals surface area contributed by atoms with Crippen LogP contribution in [0.25, 0.3) is 0 Å². The van der Waals surface area contributed by atoms with Crippen LogP contribution in [0.5, 0.6) is 0 Å². The first-order valence-corrected chi connectivity index (χ1v) is 6.39. The van der Waals surface area contributed by atoms with Crippen molar-refractivity contribution in [2.24, 2.45) is 11.7 Å².